The number of amides is 2. The number of urea groups is 1. The molecule has 10 heteroatoms. The lowest BCUT2D eigenvalue weighted by Crippen LogP contribution is -2.41. The van der Waals surface area contributed by atoms with Crippen molar-refractivity contribution in [1.82, 2.24) is 0 Å². The van der Waals surface area contributed by atoms with Crippen molar-refractivity contribution in [1.29, 1.82) is 0 Å². The zero-order valence-corrected chi connectivity index (χ0v) is 22.3. The van der Waals surface area contributed by atoms with E-state index in [9.17, 15) is 22.8 Å². The lowest BCUT2D eigenvalue weighted by Gasteiger charge is -2.30. The first-order chi connectivity index (χ1) is 19.1. The van der Waals surface area contributed by atoms with Gasteiger partial charge in [-0.15, -0.1) is 0 Å². The van der Waals surface area contributed by atoms with Crippen LogP contribution >= 0.6 is 11.6 Å². The number of alkyl halides is 3. The minimum absolute atomic E-state index is 0.160. The monoisotopic (exact) mass is 572 g/mol. The molecular weight excluding hydrogens is 545 g/mol. The van der Waals surface area contributed by atoms with Gasteiger partial charge in [-0.2, -0.15) is 13.2 Å². The van der Waals surface area contributed by atoms with E-state index >= 15 is 0 Å². The van der Waals surface area contributed by atoms with E-state index in [2.05, 4.69) is 17.4 Å². The van der Waals surface area contributed by atoms with Gasteiger partial charge in [0, 0.05) is 6.42 Å². The molecule has 3 aromatic carbocycles. The van der Waals surface area contributed by atoms with Crippen LogP contribution in [0.2, 0.25) is 5.02 Å². The largest absolute Gasteiger partial charge is 0.490 e. The van der Waals surface area contributed by atoms with Crippen LogP contribution in [-0.2, 0) is 11.0 Å². The SMILES string of the molecule is O=C(O)CC1CCC(c2ccc(-c3ccc4c(c3)OCCN4C(=O)Nc3c(Cl)cccc3C(F)(F)F)cc2)CC1. The molecule has 1 heterocycles. The lowest BCUT2D eigenvalue weighted by molar-refractivity contribution is -0.138. The molecule has 0 atom stereocenters. The summed E-state index contributed by atoms with van der Waals surface area (Å²) in [5, 5.41) is 11.2. The van der Waals surface area contributed by atoms with E-state index in [1.165, 1.54) is 22.6 Å². The number of carboxylic acids is 1. The molecule has 1 saturated carbocycles. The van der Waals surface area contributed by atoms with Gasteiger partial charge < -0.3 is 15.2 Å². The van der Waals surface area contributed by atoms with Crippen molar-refractivity contribution < 1.29 is 32.6 Å². The summed E-state index contributed by atoms with van der Waals surface area (Å²) in [6.07, 6.45) is -0.667. The molecule has 40 heavy (non-hydrogen) atoms. The van der Waals surface area contributed by atoms with Crippen molar-refractivity contribution in [2.24, 2.45) is 5.92 Å². The second-order valence-electron chi connectivity index (χ2n) is 10.2. The fourth-order valence-electron chi connectivity index (χ4n) is 5.57. The molecule has 2 amide bonds. The van der Waals surface area contributed by atoms with Gasteiger partial charge in [0.05, 0.1) is 28.5 Å². The topological polar surface area (TPSA) is 78.9 Å². The smallest absolute Gasteiger partial charge is 0.418 e. The van der Waals surface area contributed by atoms with E-state index in [0.29, 0.717) is 17.4 Å². The van der Waals surface area contributed by atoms with Crippen LogP contribution in [0, 0.1) is 5.92 Å². The average Bonchev–Trinajstić information content (AvgIpc) is 2.93. The second kappa shape index (κ2) is 11.4. The average molecular weight is 573 g/mol. The van der Waals surface area contributed by atoms with E-state index in [1.54, 1.807) is 6.07 Å². The van der Waals surface area contributed by atoms with Crippen molar-refractivity contribution in [3.63, 3.8) is 0 Å². The Bertz CT molecular complexity index is 1400. The number of hydrogen-bond donors (Lipinski definition) is 2. The van der Waals surface area contributed by atoms with E-state index < -0.39 is 29.4 Å². The Balaban J connectivity index is 1.30. The number of halogens is 4. The maximum absolute atomic E-state index is 13.5. The molecule has 1 fully saturated rings. The number of carboxylic acid groups (broad SMARTS) is 1. The van der Waals surface area contributed by atoms with Gasteiger partial charge in [-0.1, -0.05) is 48.0 Å². The molecular formula is C30H28ClF3N2O4. The van der Waals surface area contributed by atoms with E-state index in [0.717, 1.165) is 42.9 Å². The number of fused-ring (bicyclic) bond motifs is 1. The fourth-order valence-corrected chi connectivity index (χ4v) is 5.79. The Morgan fingerprint density at radius 1 is 1.00 bits per heavy atom. The van der Waals surface area contributed by atoms with Gasteiger partial charge in [0.25, 0.3) is 0 Å². The van der Waals surface area contributed by atoms with E-state index in [1.807, 2.05) is 24.3 Å². The number of carbonyl (C=O) groups is 2. The highest BCUT2D eigenvalue weighted by Crippen LogP contribution is 2.41. The van der Waals surface area contributed by atoms with Crippen LogP contribution in [0.3, 0.4) is 0 Å². The number of hydrogen-bond acceptors (Lipinski definition) is 3. The highest BCUT2D eigenvalue weighted by molar-refractivity contribution is 6.34. The molecule has 0 unspecified atom stereocenters. The first-order valence-electron chi connectivity index (χ1n) is 13.1. The maximum Gasteiger partial charge on any atom is 0.418 e. The summed E-state index contributed by atoms with van der Waals surface area (Å²) in [4.78, 5) is 25.4. The first-order valence-corrected chi connectivity index (χ1v) is 13.5. The summed E-state index contributed by atoms with van der Waals surface area (Å²) in [5.41, 5.74) is 2.01. The van der Waals surface area contributed by atoms with Crippen molar-refractivity contribution in [3.8, 4) is 16.9 Å². The number of para-hydroxylation sites is 1. The molecule has 5 rings (SSSR count). The van der Waals surface area contributed by atoms with E-state index in [4.69, 9.17) is 21.4 Å². The highest BCUT2D eigenvalue weighted by atomic mass is 35.5. The number of nitrogens with zero attached hydrogens (tertiary/aromatic N) is 1. The number of aliphatic carboxylic acids is 1. The summed E-state index contributed by atoms with van der Waals surface area (Å²) in [7, 11) is 0. The number of rotatable bonds is 5. The van der Waals surface area contributed by atoms with Crippen LogP contribution in [0.15, 0.2) is 60.7 Å². The van der Waals surface area contributed by atoms with Gasteiger partial charge in [0.1, 0.15) is 12.4 Å². The molecule has 1 aliphatic heterocycles. The summed E-state index contributed by atoms with van der Waals surface area (Å²) < 4.78 is 46.3. The fraction of sp³-hybridized carbons (Fsp3) is 0.333. The molecule has 1 aliphatic carbocycles. The van der Waals surface area contributed by atoms with Crippen molar-refractivity contribution in [3.05, 3.63) is 76.8 Å². The molecule has 0 bridgehead atoms. The Kier molecular flexibility index (Phi) is 7.94. The van der Waals surface area contributed by atoms with Gasteiger partial charge >= 0.3 is 18.2 Å². The van der Waals surface area contributed by atoms with Crippen molar-refractivity contribution >= 4 is 35.0 Å². The molecule has 210 valence electrons. The first kappa shape index (κ1) is 27.8. The standard InChI is InChI=1S/C30H28ClF3N2O4/c31-24-3-1-2-23(30(32,33)34)28(24)35-29(39)36-14-15-40-26-17-22(12-13-25(26)36)21-10-8-20(9-11-21)19-6-4-18(5-7-19)16-27(37)38/h1-3,8-13,17-19H,4-7,14-16H2,(H,35,39)(H,37,38). The quantitative estimate of drug-likeness (QED) is 0.323. The number of benzene rings is 3. The third-order valence-electron chi connectivity index (χ3n) is 7.64. The maximum atomic E-state index is 13.5. The summed E-state index contributed by atoms with van der Waals surface area (Å²) in [6.45, 7) is 0.343. The normalized spacial score (nSPS) is 18.9. The Morgan fingerprint density at radius 2 is 1.70 bits per heavy atom. The van der Waals surface area contributed by atoms with Gasteiger partial charge in [0.2, 0.25) is 0 Å². The third-order valence-corrected chi connectivity index (χ3v) is 7.96. The second-order valence-corrected chi connectivity index (χ2v) is 10.6. The third kappa shape index (κ3) is 6.04. The number of ether oxygens (including phenoxy) is 1. The van der Waals surface area contributed by atoms with Crippen molar-refractivity contribution in [2.45, 2.75) is 44.2 Å². The Morgan fingerprint density at radius 3 is 2.38 bits per heavy atom. The minimum Gasteiger partial charge on any atom is -0.490 e. The molecule has 3 aromatic rings. The number of carbonyl (C=O) groups excluding carboxylic acids is 1. The molecule has 0 radical (unpaired) electrons. The molecule has 2 aliphatic rings. The van der Waals surface area contributed by atoms with Gasteiger partial charge in [-0.05, 0) is 78.5 Å². The molecule has 6 nitrogen and oxygen atoms in total. The van der Waals surface area contributed by atoms with Crippen LogP contribution in [0.25, 0.3) is 11.1 Å². The number of nitrogens with one attached hydrogen (secondary N) is 1. The van der Waals surface area contributed by atoms with Crippen LogP contribution in [-0.4, -0.2) is 30.3 Å². The predicted octanol–water partition coefficient (Wildman–Crippen LogP) is 8.21. The minimum atomic E-state index is -4.68. The Hall–Kier alpha value is -3.72. The van der Waals surface area contributed by atoms with Crippen LogP contribution < -0.4 is 15.0 Å². The predicted molar refractivity (Wildman–Crippen MR) is 147 cm³/mol. The Labute approximate surface area is 234 Å². The summed E-state index contributed by atoms with van der Waals surface area (Å²) >= 11 is 6.01. The van der Waals surface area contributed by atoms with Crippen LogP contribution in [0.1, 0.15) is 49.1 Å². The zero-order valence-electron chi connectivity index (χ0n) is 21.5. The summed E-state index contributed by atoms with van der Waals surface area (Å²) in [5.74, 6) is 0.382. The van der Waals surface area contributed by atoms with Crippen molar-refractivity contribution in [2.75, 3.05) is 23.4 Å². The number of anilines is 2. The lowest BCUT2D eigenvalue weighted by atomic mass is 9.77. The molecule has 0 aromatic heterocycles. The van der Waals surface area contributed by atoms with Gasteiger partial charge in [0.15, 0.2) is 0 Å². The van der Waals surface area contributed by atoms with E-state index in [-0.39, 0.29) is 30.5 Å². The van der Waals surface area contributed by atoms with Gasteiger partial charge in [-0.25, -0.2) is 4.79 Å². The molecule has 0 saturated heterocycles. The van der Waals surface area contributed by atoms with Crippen LogP contribution in [0.4, 0.5) is 29.3 Å². The molecule has 0 spiro atoms. The summed E-state index contributed by atoms with van der Waals surface area (Å²) in [6, 6.07) is 16.3. The van der Waals surface area contributed by atoms with Crippen LogP contribution in [0.5, 0.6) is 5.75 Å². The zero-order chi connectivity index (χ0) is 28.4. The highest BCUT2D eigenvalue weighted by Gasteiger charge is 2.36. The van der Waals surface area contributed by atoms with Gasteiger partial charge in [-0.3, -0.25) is 9.69 Å². The molecule has 2 N–H and O–H groups in total.